The summed E-state index contributed by atoms with van der Waals surface area (Å²) < 4.78 is 11.0. The second kappa shape index (κ2) is 34.0. The van der Waals surface area contributed by atoms with E-state index in [0.29, 0.717) is 0 Å². The molecule has 0 aromatic carbocycles. The van der Waals surface area contributed by atoms with Crippen LogP contribution in [0.3, 0.4) is 0 Å². The van der Waals surface area contributed by atoms with Gasteiger partial charge in [-0.1, -0.05) is 181 Å². The van der Waals surface area contributed by atoms with E-state index >= 15 is 0 Å². The molecule has 0 N–H and O–H groups in total. The van der Waals surface area contributed by atoms with E-state index in [-0.39, 0.29) is 0 Å². The van der Waals surface area contributed by atoms with Gasteiger partial charge in [-0.15, -0.1) is 0 Å². The lowest BCUT2D eigenvalue weighted by Gasteiger charge is -2.05. The SMILES string of the molecule is CCCCCCCCCCCCCCCCO[B]OCCCCCCCCCCCCCCCC. The lowest BCUT2D eigenvalue weighted by Crippen LogP contribution is -2.07. The van der Waals surface area contributed by atoms with Crippen LogP contribution < -0.4 is 0 Å². The fourth-order valence-corrected chi connectivity index (χ4v) is 4.90. The fraction of sp³-hybridized carbons (Fsp3) is 1.00. The molecular formula is C32H66BO2. The minimum atomic E-state index is 0.816. The van der Waals surface area contributed by atoms with Gasteiger partial charge < -0.3 is 9.31 Å². The Morgan fingerprint density at radius 3 is 0.714 bits per heavy atom. The van der Waals surface area contributed by atoms with Gasteiger partial charge in [-0.05, 0) is 12.8 Å². The van der Waals surface area contributed by atoms with Crippen LogP contribution in [-0.2, 0) is 9.31 Å². The van der Waals surface area contributed by atoms with E-state index < -0.39 is 0 Å². The van der Waals surface area contributed by atoms with Crippen molar-refractivity contribution in [3.8, 4) is 0 Å². The molecule has 0 rings (SSSR count). The van der Waals surface area contributed by atoms with Gasteiger partial charge in [-0.25, -0.2) is 0 Å². The molecule has 0 saturated carbocycles. The molecule has 0 spiro atoms. The highest BCUT2D eigenvalue weighted by Gasteiger charge is 1.98. The average Bonchev–Trinajstić information content (AvgIpc) is 2.87. The fourth-order valence-electron chi connectivity index (χ4n) is 4.90. The summed E-state index contributed by atoms with van der Waals surface area (Å²) in [5.41, 5.74) is 0. The van der Waals surface area contributed by atoms with Crippen molar-refractivity contribution in [1.29, 1.82) is 0 Å². The van der Waals surface area contributed by atoms with E-state index in [9.17, 15) is 0 Å². The molecule has 0 unspecified atom stereocenters. The van der Waals surface area contributed by atoms with Gasteiger partial charge >= 0.3 is 7.69 Å². The first-order valence-electron chi connectivity index (χ1n) is 16.5. The molecule has 0 fully saturated rings. The van der Waals surface area contributed by atoms with E-state index in [1.54, 1.807) is 7.69 Å². The maximum absolute atomic E-state index is 5.51. The van der Waals surface area contributed by atoms with E-state index in [0.717, 1.165) is 26.1 Å². The third-order valence-electron chi connectivity index (χ3n) is 7.37. The topological polar surface area (TPSA) is 18.5 Å². The monoisotopic (exact) mass is 494 g/mol. The molecule has 2 nitrogen and oxygen atoms in total. The Morgan fingerprint density at radius 1 is 0.286 bits per heavy atom. The minimum absolute atomic E-state index is 0.816. The zero-order valence-corrected chi connectivity index (χ0v) is 24.6. The number of rotatable bonds is 32. The summed E-state index contributed by atoms with van der Waals surface area (Å²) in [6.07, 6.45) is 39.2. The Bertz CT molecular complexity index is 318. The largest absolute Gasteiger partial charge is 0.487 e. The van der Waals surface area contributed by atoms with E-state index in [4.69, 9.17) is 9.31 Å². The summed E-state index contributed by atoms with van der Waals surface area (Å²) in [5.74, 6) is 0. The highest BCUT2D eigenvalue weighted by Crippen LogP contribution is 2.14. The van der Waals surface area contributed by atoms with Crippen LogP contribution in [0.15, 0.2) is 0 Å². The molecule has 209 valence electrons. The van der Waals surface area contributed by atoms with Crippen molar-refractivity contribution >= 4 is 7.69 Å². The van der Waals surface area contributed by atoms with Gasteiger partial charge in [0.05, 0.1) is 0 Å². The van der Waals surface area contributed by atoms with Gasteiger partial charge in [0.2, 0.25) is 0 Å². The molecule has 0 saturated heterocycles. The highest BCUT2D eigenvalue weighted by molar-refractivity contribution is 6.17. The third kappa shape index (κ3) is 34.0. The molecular weight excluding hydrogens is 427 g/mol. The zero-order chi connectivity index (χ0) is 25.3. The van der Waals surface area contributed by atoms with Gasteiger partial charge in [0.25, 0.3) is 0 Å². The van der Waals surface area contributed by atoms with Crippen LogP contribution in [0.5, 0.6) is 0 Å². The smallest absolute Gasteiger partial charge is 0.413 e. The van der Waals surface area contributed by atoms with Crippen molar-refractivity contribution in [2.75, 3.05) is 13.2 Å². The molecule has 3 heteroatoms. The normalized spacial score (nSPS) is 11.4. The minimum Gasteiger partial charge on any atom is -0.413 e. The lowest BCUT2D eigenvalue weighted by atomic mass is 10.0. The van der Waals surface area contributed by atoms with Gasteiger partial charge in [-0.3, -0.25) is 0 Å². The van der Waals surface area contributed by atoms with Crippen LogP contribution in [-0.4, -0.2) is 20.9 Å². The van der Waals surface area contributed by atoms with Crippen molar-refractivity contribution in [2.24, 2.45) is 0 Å². The lowest BCUT2D eigenvalue weighted by molar-refractivity contribution is 0.213. The summed E-state index contributed by atoms with van der Waals surface area (Å²) in [7, 11) is 1.59. The quantitative estimate of drug-likeness (QED) is 0.0685. The van der Waals surface area contributed by atoms with Gasteiger partial charge in [0.15, 0.2) is 0 Å². The van der Waals surface area contributed by atoms with E-state index in [1.807, 2.05) is 0 Å². The van der Waals surface area contributed by atoms with Crippen LogP contribution in [0.2, 0.25) is 0 Å². The molecule has 0 heterocycles. The Labute approximate surface area is 223 Å². The molecule has 1 radical (unpaired) electrons. The highest BCUT2D eigenvalue weighted by atomic mass is 16.6. The maximum Gasteiger partial charge on any atom is 0.487 e. The summed E-state index contributed by atoms with van der Waals surface area (Å²) >= 11 is 0. The van der Waals surface area contributed by atoms with Crippen LogP contribution in [0.1, 0.15) is 194 Å². The van der Waals surface area contributed by atoms with Crippen LogP contribution in [0.4, 0.5) is 0 Å². The molecule has 0 aliphatic rings. The van der Waals surface area contributed by atoms with Crippen LogP contribution >= 0.6 is 0 Å². The molecule has 35 heavy (non-hydrogen) atoms. The van der Waals surface area contributed by atoms with Crippen molar-refractivity contribution < 1.29 is 9.31 Å². The first-order chi connectivity index (χ1) is 17.4. The molecule has 0 aromatic rings. The summed E-state index contributed by atoms with van der Waals surface area (Å²) in [5, 5.41) is 0. The standard InChI is InChI=1S/C32H66BO2/c1-3-5-7-9-11-13-15-17-19-21-23-25-27-29-31-34-33-35-32-30-28-26-24-22-20-18-16-14-12-10-8-6-4-2/h3-32H2,1-2H3. The molecule has 0 atom stereocenters. The summed E-state index contributed by atoms with van der Waals surface area (Å²) in [6, 6.07) is 0. The van der Waals surface area contributed by atoms with Crippen molar-refractivity contribution in [3.63, 3.8) is 0 Å². The number of unbranched alkanes of at least 4 members (excludes halogenated alkanes) is 26. The maximum atomic E-state index is 5.51. The first kappa shape index (κ1) is 35.0. The summed E-state index contributed by atoms with van der Waals surface area (Å²) in [6.45, 7) is 6.22. The average molecular weight is 494 g/mol. The van der Waals surface area contributed by atoms with E-state index in [1.165, 1.54) is 167 Å². The Balaban J connectivity index is 3.00. The van der Waals surface area contributed by atoms with E-state index in [2.05, 4.69) is 13.8 Å². The van der Waals surface area contributed by atoms with Gasteiger partial charge in [0, 0.05) is 13.2 Å². The Kier molecular flexibility index (Phi) is 34.0. The van der Waals surface area contributed by atoms with Crippen molar-refractivity contribution in [3.05, 3.63) is 0 Å². The van der Waals surface area contributed by atoms with Gasteiger partial charge in [-0.2, -0.15) is 0 Å². The first-order valence-corrected chi connectivity index (χ1v) is 16.5. The number of hydrogen-bond acceptors (Lipinski definition) is 2. The Morgan fingerprint density at radius 2 is 0.486 bits per heavy atom. The molecule has 0 aliphatic heterocycles. The van der Waals surface area contributed by atoms with Crippen molar-refractivity contribution in [1.82, 2.24) is 0 Å². The zero-order valence-electron chi connectivity index (χ0n) is 24.6. The number of hydrogen-bond donors (Lipinski definition) is 0. The Hall–Kier alpha value is -0.0151. The summed E-state index contributed by atoms with van der Waals surface area (Å²) in [4.78, 5) is 0. The van der Waals surface area contributed by atoms with Crippen LogP contribution in [0, 0.1) is 0 Å². The molecule has 0 aromatic heterocycles. The van der Waals surface area contributed by atoms with Crippen molar-refractivity contribution in [2.45, 2.75) is 194 Å². The third-order valence-corrected chi connectivity index (χ3v) is 7.37. The molecule has 0 bridgehead atoms. The van der Waals surface area contributed by atoms with Crippen LogP contribution in [0.25, 0.3) is 0 Å². The molecule has 0 amide bonds. The second-order valence-electron chi connectivity index (χ2n) is 11.0. The van der Waals surface area contributed by atoms with Gasteiger partial charge in [0.1, 0.15) is 0 Å². The predicted octanol–water partition coefficient (Wildman–Crippen LogP) is 11.5. The predicted molar refractivity (Wildman–Crippen MR) is 158 cm³/mol. The second-order valence-corrected chi connectivity index (χ2v) is 11.0. The molecule has 0 aliphatic carbocycles.